The fourth-order valence-corrected chi connectivity index (χ4v) is 8.01. The van der Waals surface area contributed by atoms with E-state index in [1.54, 1.807) is 0 Å². The minimum atomic E-state index is -1.58. The Morgan fingerprint density at radius 3 is 2.15 bits per heavy atom. The number of nitrogens with two attached hydrogens (primary N) is 4. The van der Waals surface area contributed by atoms with Gasteiger partial charge in [-0.2, -0.15) is 0 Å². The van der Waals surface area contributed by atoms with Crippen LogP contribution in [-0.2, 0) is 28.4 Å². The minimum absolute atomic E-state index is 0.158. The summed E-state index contributed by atoms with van der Waals surface area (Å²) in [5.74, 6) is -0.510. The van der Waals surface area contributed by atoms with Gasteiger partial charge in [0.15, 0.2) is 18.9 Å². The van der Waals surface area contributed by atoms with Crippen LogP contribution in [0.4, 0.5) is 0 Å². The van der Waals surface area contributed by atoms with Crippen molar-refractivity contribution in [2.24, 2.45) is 28.9 Å². The molecule has 1 aliphatic carbocycles. The Balaban J connectivity index is 1.28. The second kappa shape index (κ2) is 19.6. The molecule has 1 unspecified atom stereocenters. The Labute approximate surface area is 309 Å². The van der Waals surface area contributed by atoms with Crippen molar-refractivity contribution in [3.8, 4) is 0 Å². The predicted molar refractivity (Wildman–Crippen MR) is 184 cm³/mol. The van der Waals surface area contributed by atoms with Gasteiger partial charge in [0.05, 0.1) is 49.2 Å². The smallest absolute Gasteiger partial charge is 0.187 e. The van der Waals surface area contributed by atoms with E-state index in [2.05, 4.69) is 10.6 Å². The Morgan fingerprint density at radius 1 is 0.792 bits per heavy atom. The summed E-state index contributed by atoms with van der Waals surface area (Å²) >= 11 is 0. The lowest BCUT2D eigenvalue weighted by Crippen LogP contribution is -2.64. The summed E-state index contributed by atoms with van der Waals surface area (Å²) in [5, 5.41) is 90.9. The number of aliphatic hydroxyl groups is 8. The second-order valence-corrected chi connectivity index (χ2v) is 15.4. The van der Waals surface area contributed by atoms with E-state index < -0.39 is 123 Å². The molecule has 0 aromatic rings. The van der Waals surface area contributed by atoms with Crippen molar-refractivity contribution in [3.05, 3.63) is 0 Å². The summed E-state index contributed by atoms with van der Waals surface area (Å²) in [6.45, 7) is 1.10. The zero-order valence-corrected chi connectivity index (χ0v) is 30.1. The van der Waals surface area contributed by atoms with E-state index in [1.807, 2.05) is 0 Å². The standard InChI is InChI=1S/C33H64N6O14/c34-10-20-24(44)25(45)22(37)31(49-20)52-28-21(13-41)50-32(26(28)46)53-29-23(43)15(1-2-16(42)12-40)9-19(36)27(29)51-30-18(35)4-3-17(48-30)11-39-14-33(47)5-7-38-8-6-33/h15-32,38-47H,1-14,34-37H2/t15-,16?,17+,18-,19+,20+,21-,22-,23+,24-,25-,26-,27-,28-,29-,30-,31-,32+/m1/s1. The molecule has 1 saturated carbocycles. The van der Waals surface area contributed by atoms with Crippen LogP contribution < -0.4 is 33.6 Å². The zero-order chi connectivity index (χ0) is 38.4. The molecule has 4 heterocycles. The van der Waals surface area contributed by atoms with Gasteiger partial charge >= 0.3 is 0 Å². The summed E-state index contributed by atoms with van der Waals surface area (Å²) < 4.78 is 36.5. The van der Waals surface area contributed by atoms with Gasteiger partial charge in [-0.3, -0.25) is 0 Å². The second-order valence-electron chi connectivity index (χ2n) is 15.4. The lowest BCUT2D eigenvalue weighted by atomic mass is 9.77. The number of hydrogen-bond donors (Lipinski definition) is 14. The molecule has 18 N–H and O–H groups in total. The molecular formula is C33H64N6O14. The average molecular weight is 769 g/mol. The Bertz CT molecular complexity index is 1100. The lowest BCUT2D eigenvalue weighted by Gasteiger charge is -2.47. The SMILES string of the molecule is NC[C@@H]1O[C@H](O[C@H]2[C@@H](O)[C@H](O[C@@H]3[C@@H](O)[C@H](CCC(O)CO)C[C@H](N)[C@H]3O[C@H]3O[C@H](CNCC4(O)CCNCC4)CC[C@H]3N)O[C@@H]2CO)[C@H](N)[C@@H](O)[C@@H]1O. The predicted octanol–water partition coefficient (Wildman–Crippen LogP) is -6.67. The van der Waals surface area contributed by atoms with Gasteiger partial charge in [-0.15, -0.1) is 0 Å². The van der Waals surface area contributed by atoms with Crippen LogP contribution >= 0.6 is 0 Å². The molecule has 0 spiro atoms. The minimum Gasteiger partial charge on any atom is -0.394 e. The summed E-state index contributed by atoms with van der Waals surface area (Å²) in [7, 11) is 0. The van der Waals surface area contributed by atoms with Gasteiger partial charge in [0.1, 0.15) is 48.8 Å². The van der Waals surface area contributed by atoms with Crippen LogP contribution in [0.5, 0.6) is 0 Å². The molecular weight excluding hydrogens is 704 g/mol. The third-order valence-electron chi connectivity index (χ3n) is 11.4. The molecule has 0 bridgehead atoms. The highest BCUT2D eigenvalue weighted by Gasteiger charge is 2.54. The highest BCUT2D eigenvalue weighted by atomic mass is 16.8. The third kappa shape index (κ3) is 10.6. The van der Waals surface area contributed by atoms with Crippen LogP contribution in [0.3, 0.4) is 0 Å². The molecule has 0 aromatic heterocycles. The van der Waals surface area contributed by atoms with Gasteiger partial charge in [-0.1, -0.05) is 0 Å². The van der Waals surface area contributed by atoms with E-state index in [0.717, 1.165) is 13.1 Å². The molecule has 0 radical (unpaired) electrons. The van der Waals surface area contributed by atoms with Crippen molar-refractivity contribution >= 4 is 0 Å². The van der Waals surface area contributed by atoms with E-state index >= 15 is 0 Å². The molecule has 18 atom stereocenters. The number of piperidine rings is 1. The first-order chi connectivity index (χ1) is 25.3. The van der Waals surface area contributed by atoms with Gasteiger partial charge in [0, 0.05) is 25.7 Å². The molecule has 5 aliphatic rings. The molecule has 4 saturated heterocycles. The fourth-order valence-electron chi connectivity index (χ4n) is 8.01. The molecule has 4 aliphatic heterocycles. The van der Waals surface area contributed by atoms with Crippen molar-refractivity contribution < 1.29 is 69.3 Å². The maximum Gasteiger partial charge on any atom is 0.187 e. The number of rotatable bonds is 16. The maximum atomic E-state index is 11.7. The van der Waals surface area contributed by atoms with Gasteiger partial charge in [-0.25, -0.2) is 0 Å². The van der Waals surface area contributed by atoms with Crippen molar-refractivity contribution in [2.45, 2.75) is 155 Å². The maximum absolute atomic E-state index is 11.7. The van der Waals surface area contributed by atoms with E-state index in [9.17, 15) is 40.9 Å². The van der Waals surface area contributed by atoms with Crippen molar-refractivity contribution in [1.82, 2.24) is 10.6 Å². The van der Waals surface area contributed by atoms with E-state index in [0.29, 0.717) is 38.8 Å². The van der Waals surface area contributed by atoms with Crippen LogP contribution in [0.2, 0.25) is 0 Å². The number of aliphatic hydroxyl groups excluding tert-OH is 7. The monoisotopic (exact) mass is 768 g/mol. The van der Waals surface area contributed by atoms with E-state index in [4.69, 9.17) is 51.4 Å². The van der Waals surface area contributed by atoms with Crippen molar-refractivity contribution in [2.75, 3.05) is 45.9 Å². The summed E-state index contributed by atoms with van der Waals surface area (Å²) in [4.78, 5) is 0. The van der Waals surface area contributed by atoms with E-state index in [-0.39, 0.29) is 31.9 Å². The molecule has 53 heavy (non-hydrogen) atoms. The Morgan fingerprint density at radius 2 is 1.47 bits per heavy atom. The Kier molecular flexibility index (Phi) is 16.0. The zero-order valence-electron chi connectivity index (χ0n) is 30.1. The van der Waals surface area contributed by atoms with Gasteiger partial charge in [0.2, 0.25) is 0 Å². The van der Waals surface area contributed by atoms with Crippen LogP contribution in [0.1, 0.15) is 44.9 Å². The first-order valence-corrected chi connectivity index (χ1v) is 18.9. The quantitative estimate of drug-likeness (QED) is 0.0694. The van der Waals surface area contributed by atoms with Crippen molar-refractivity contribution in [3.63, 3.8) is 0 Å². The van der Waals surface area contributed by atoms with Gasteiger partial charge in [-0.05, 0) is 64.0 Å². The lowest BCUT2D eigenvalue weighted by molar-refractivity contribution is -0.293. The first-order valence-electron chi connectivity index (χ1n) is 18.9. The molecule has 20 heteroatoms. The third-order valence-corrected chi connectivity index (χ3v) is 11.4. The number of ether oxygens (including phenoxy) is 6. The molecule has 0 aromatic carbocycles. The molecule has 5 fully saturated rings. The average Bonchev–Trinajstić information content (AvgIpc) is 3.44. The van der Waals surface area contributed by atoms with Crippen LogP contribution in [0, 0.1) is 5.92 Å². The van der Waals surface area contributed by atoms with Gasteiger partial charge in [0.25, 0.3) is 0 Å². The van der Waals surface area contributed by atoms with Gasteiger partial charge < -0.3 is 103 Å². The topological polar surface area (TPSA) is 345 Å². The molecule has 20 nitrogen and oxygen atoms in total. The Hall–Kier alpha value is -0.800. The fraction of sp³-hybridized carbons (Fsp3) is 1.00. The van der Waals surface area contributed by atoms with Crippen LogP contribution in [0.15, 0.2) is 0 Å². The van der Waals surface area contributed by atoms with E-state index in [1.165, 1.54) is 0 Å². The molecule has 310 valence electrons. The summed E-state index contributed by atoms with van der Waals surface area (Å²) in [5.41, 5.74) is 24.1. The number of nitrogens with one attached hydrogen (secondary N) is 2. The molecule has 5 rings (SSSR count). The van der Waals surface area contributed by atoms with Crippen molar-refractivity contribution in [1.29, 1.82) is 0 Å². The normalized spacial score (nSPS) is 45.6. The largest absolute Gasteiger partial charge is 0.394 e. The highest BCUT2D eigenvalue weighted by molar-refractivity contribution is 5.00. The number of hydrogen-bond acceptors (Lipinski definition) is 20. The highest BCUT2D eigenvalue weighted by Crippen LogP contribution is 2.37. The summed E-state index contributed by atoms with van der Waals surface area (Å²) in [6, 6.07) is -2.52. The van der Waals surface area contributed by atoms with Crippen LogP contribution in [-0.4, -0.2) is 197 Å². The van der Waals surface area contributed by atoms with Crippen LogP contribution in [0.25, 0.3) is 0 Å². The molecule has 0 amide bonds. The first kappa shape index (κ1) is 43.3. The summed E-state index contributed by atoms with van der Waals surface area (Å²) in [6.07, 6.45) is -13.3.